The molecule has 4 aromatic carbocycles. The first-order valence-corrected chi connectivity index (χ1v) is 17.4. The highest BCUT2D eigenvalue weighted by molar-refractivity contribution is 6.07. The zero-order valence-electron chi connectivity index (χ0n) is 29.4. The molecule has 0 spiro atoms. The molecular weight excluding hydrogens is 730 g/mol. The Morgan fingerprint density at radius 1 is 0.782 bits per heavy atom. The predicted octanol–water partition coefficient (Wildman–Crippen LogP) is 9.08. The number of unbranched alkanes of at least 4 members (excludes halogenated alkanes) is 1. The molecule has 14 heteroatoms. The summed E-state index contributed by atoms with van der Waals surface area (Å²) >= 11 is 0. The molecule has 6 rings (SSSR count). The highest BCUT2D eigenvalue weighted by Crippen LogP contribution is 2.51. The van der Waals surface area contributed by atoms with Gasteiger partial charge in [0.15, 0.2) is 11.5 Å². The van der Waals surface area contributed by atoms with Crippen molar-refractivity contribution in [1.82, 2.24) is 10.2 Å². The number of carbonyl (C=O) groups excluding carboxylic acids is 2. The predicted molar refractivity (Wildman–Crippen MR) is 193 cm³/mol. The van der Waals surface area contributed by atoms with Gasteiger partial charge in [-0.2, -0.15) is 26.3 Å². The lowest BCUT2D eigenvalue weighted by atomic mass is 9.87. The van der Waals surface area contributed by atoms with E-state index in [1.54, 1.807) is 85.8 Å². The minimum atomic E-state index is -6.12. The summed E-state index contributed by atoms with van der Waals surface area (Å²) in [6.07, 6.45) is -5.88. The summed E-state index contributed by atoms with van der Waals surface area (Å²) in [4.78, 5) is 27.9. The number of fused-ring (bicyclic) bond motifs is 1. The molecule has 4 aromatic rings. The minimum Gasteiger partial charge on any atom is -0.492 e. The Morgan fingerprint density at radius 3 is 1.89 bits per heavy atom. The Balaban J connectivity index is 1.28. The van der Waals surface area contributed by atoms with Crippen LogP contribution in [0.4, 0.5) is 31.1 Å². The van der Waals surface area contributed by atoms with Crippen LogP contribution < -0.4 is 19.5 Å². The van der Waals surface area contributed by atoms with E-state index in [1.807, 2.05) is 0 Å². The summed E-state index contributed by atoms with van der Waals surface area (Å²) in [7, 11) is 0. The normalized spacial score (nSPS) is 17.4. The Bertz CT molecular complexity index is 2000. The number of nitrogens with zero attached hydrogens (tertiary/aromatic N) is 1. The van der Waals surface area contributed by atoms with Crippen molar-refractivity contribution in [2.75, 3.05) is 19.9 Å². The molecule has 2 aliphatic heterocycles. The highest BCUT2D eigenvalue weighted by Gasteiger charge is 2.71. The molecule has 1 atom stereocenters. The van der Waals surface area contributed by atoms with Gasteiger partial charge in [-0.25, -0.2) is 4.79 Å². The number of ether oxygens (including phenoxy) is 3. The van der Waals surface area contributed by atoms with Crippen molar-refractivity contribution in [2.45, 2.75) is 49.7 Å². The van der Waals surface area contributed by atoms with Gasteiger partial charge in [-0.3, -0.25) is 9.69 Å². The number of benzene rings is 4. The molecule has 1 fully saturated rings. The monoisotopic (exact) mass is 766 g/mol. The Hall–Kier alpha value is -5.76. The zero-order valence-corrected chi connectivity index (χ0v) is 29.4. The third kappa shape index (κ3) is 7.77. The Kier molecular flexibility index (Phi) is 11.0. The quantitative estimate of drug-likeness (QED) is 0.0610. The number of amides is 3. The highest BCUT2D eigenvalue weighted by atomic mass is 19.4. The van der Waals surface area contributed by atoms with Crippen LogP contribution in [0.3, 0.4) is 0 Å². The van der Waals surface area contributed by atoms with Crippen molar-refractivity contribution in [1.29, 1.82) is 0 Å². The van der Waals surface area contributed by atoms with E-state index >= 15 is 0 Å². The van der Waals surface area contributed by atoms with Gasteiger partial charge >= 0.3 is 18.4 Å². The number of rotatable bonds is 13. The molecule has 0 aliphatic carbocycles. The summed E-state index contributed by atoms with van der Waals surface area (Å²) in [5.41, 5.74) is -6.56. The lowest BCUT2D eigenvalue weighted by Crippen LogP contribution is -2.54. The van der Waals surface area contributed by atoms with E-state index in [-0.39, 0.29) is 56.1 Å². The fraction of sp³-hybridized carbons (Fsp3) is 0.268. The van der Waals surface area contributed by atoms with Gasteiger partial charge in [0, 0.05) is 23.2 Å². The van der Waals surface area contributed by atoms with Crippen LogP contribution >= 0.6 is 0 Å². The van der Waals surface area contributed by atoms with Crippen LogP contribution in [0.1, 0.15) is 59.6 Å². The van der Waals surface area contributed by atoms with Gasteiger partial charge in [-0.15, -0.1) is 0 Å². The summed E-state index contributed by atoms with van der Waals surface area (Å²) in [6.45, 7) is 1.72. The third-order valence-corrected chi connectivity index (χ3v) is 9.49. The third-order valence-electron chi connectivity index (χ3n) is 9.49. The van der Waals surface area contributed by atoms with Crippen LogP contribution in [0.5, 0.6) is 17.2 Å². The van der Waals surface area contributed by atoms with Gasteiger partial charge in [0.2, 0.25) is 6.79 Å². The van der Waals surface area contributed by atoms with Crippen molar-refractivity contribution in [3.63, 3.8) is 0 Å². The van der Waals surface area contributed by atoms with E-state index in [0.29, 0.717) is 40.3 Å². The lowest BCUT2D eigenvalue weighted by Gasteiger charge is -2.33. The number of hydrogen-bond donors (Lipinski definition) is 2. The van der Waals surface area contributed by atoms with E-state index in [9.17, 15) is 41.0 Å². The number of urea groups is 1. The van der Waals surface area contributed by atoms with E-state index < -0.39 is 41.0 Å². The number of nitrogens with one attached hydrogen (secondary N) is 1. The Labute approximate surface area is 312 Å². The maximum Gasteiger partial charge on any atom is 0.430 e. The summed E-state index contributed by atoms with van der Waals surface area (Å²) in [6, 6.07) is 22.7. The molecule has 0 bridgehead atoms. The lowest BCUT2D eigenvalue weighted by molar-refractivity contribution is -0.376. The van der Waals surface area contributed by atoms with Gasteiger partial charge < -0.3 is 24.6 Å². The number of imide groups is 1. The van der Waals surface area contributed by atoms with Gasteiger partial charge in [0.25, 0.3) is 11.5 Å². The van der Waals surface area contributed by atoms with Crippen molar-refractivity contribution >= 4 is 36.2 Å². The van der Waals surface area contributed by atoms with E-state index in [0.717, 1.165) is 4.90 Å². The molecule has 8 nitrogen and oxygen atoms in total. The summed E-state index contributed by atoms with van der Waals surface area (Å²) in [5, 5.41) is 13.2. The van der Waals surface area contributed by atoms with Crippen LogP contribution in [0, 0.1) is 0 Å². The second kappa shape index (κ2) is 15.5. The number of aliphatic hydroxyl groups is 1. The zero-order chi connectivity index (χ0) is 39.4. The summed E-state index contributed by atoms with van der Waals surface area (Å²) < 4.78 is 102. The molecule has 1 unspecified atom stereocenters. The molecule has 0 saturated carbocycles. The molecular formula is C41H36F6N2O6. The second-order valence-corrected chi connectivity index (χ2v) is 12.9. The molecule has 2 aliphatic rings. The minimum absolute atomic E-state index is 0.00496. The number of hydrogen-bond acceptors (Lipinski definition) is 6. The van der Waals surface area contributed by atoms with Crippen molar-refractivity contribution < 1.29 is 55.2 Å². The molecule has 0 aromatic heterocycles. The largest absolute Gasteiger partial charge is 0.492 e. The standard InChI is InChI=1S/C41H36F6N2O6/c1-2-38(31-19-20-33-34(25-31)55-26-54-33)36(50)49(37(51)48-38)21-9-10-22-53-35-29(17-15-27-11-5-3-6-12-27)23-32(39(52,40(42,43)44)41(45,46)47)24-30(35)18-16-28-13-7-4-8-14-28/h3-8,11-20,23-25,52H,2,9-10,21-22,26H2,1H3,(H,48,51). The first kappa shape index (κ1) is 38.9. The number of carbonyl (C=O) groups is 2. The first-order chi connectivity index (χ1) is 26.2. The fourth-order valence-corrected chi connectivity index (χ4v) is 6.46. The molecule has 2 N–H and O–H groups in total. The van der Waals surface area contributed by atoms with E-state index in [1.165, 1.54) is 24.3 Å². The van der Waals surface area contributed by atoms with Gasteiger partial charge in [0.1, 0.15) is 11.3 Å². The summed E-state index contributed by atoms with van der Waals surface area (Å²) in [5.74, 6) is 0.469. The van der Waals surface area contributed by atoms with Gasteiger partial charge in [-0.1, -0.05) is 98.0 Å². The van der Waals surface area contributed by atoms with Gasteiger partial charge in [0.05, 0.1) is 6.61 Å². The maximum absolute atomic E-state index is 14.1. The fourth-order valence-electron chi connectivity index (χ4n) is 6.46. The number of halogens is 6. The van der Waals surface area contributed by atoms with E-state index in [4.69, 9.17) is 14.2 Å². The smallest absolute Gasteiger partial charge is 0.430 e. The maximum atomic E-state index is 14.1. The molecule has 0 radical (unpaired) electrons. The molecule has 288 valence electrons. The topological polar surface area (TPSA) is 97.3 Å². The van der Waals surface area contributed by atoms with Gasteiger partial charge in [-0.05, 0) is 60.2 Å². The Morgan fingerprint density at radius 2 is 1.35 bits per heavy atom. The van der Waals surface area contributed by atoms with Crippen LogP contribution in [-0.2, 0) is 15.9 Å². The van der Waals surface area contributed by atoms with Crippen LogP contribution in [0.25, 0.3) is 24.3 Å². The second-order valence-electron chi connectivity index (χ2n) is 12.9. The van der Waals surface area contributed by atoms with Crippen molar-refractivity contribution in [3.05, 3.63) is 124 Å². The average Bonchev–Trinajstić information content (AvgIpc) is 3.74. The van der Waals surface area contributed by atoms with Crippen molar-refractivity contribution in [3.8, 4) is 17.2 Å². The average molecular weight is 767 g/mol. The molecule has 55 heavy (non-hydrogen) atoms. The molecule has 2 heterocycles. The molecule has 1 saturated heterocycles. The van der Waals surface area contributed by atoms with E-state index in [2.05, 4.69) is 5.32 Å². The van der Waals surface area contributed by atoms with Crippen LogP contribution in [0.2, 0.25) is 0 Å². The first-order valence-electron chi connectivity index (χ1n) is 17.4. The number of alkyl halides is 6. The molecule has 3 amide bonds. The van der Waals surface area contributed by atoms with Crippen LogP contribution in [-0.4, -0.2) is 54.2 Å². The SMILES string of the molecule is CCC1(c2ccc3c(c2)OCO3)NC(=O)N(CCCCOc2c(C=Cc3ccccc3)cc(C(O)(C(F)(F)F)C(F)(F)F)cc2C=Cc2ccccc2)C1=O. The van der Waals surface area contributed by atoms with Crippen molar-refractivity contribution in [2.24, 2.45) is 0 Å². The van der Waals surface area contributed by atoms with Crippen LogP contribution in [0.15, 0.2) is 91.0 Å².